The molecule has 1 heterocycles. The van der Waals surface area contributed by atoms with Gasteiger partial charge in [0.15, 0.2) is 0 Å². The third kappa shape index (κ3) is 4.35. The summed E-state index contributed by atoms with van der Waals surface area (Å²) in [4.78, 5) is 0. The van der Waals surface area contributed by atoms with E-state index in [4.69, 9.17) is 0 Å². The molecule has 3 nitrogen and oxygen atoms in total. The fraction of sp³-hybridized carbons (Fsp3) is 0.353. The van der Waals surface area contributed by atoms with Gasteiger partial charge in [0.25, 0.3) is 0 Å². The zero-order valence-electron chi connectivity index (χ0n) is 12.3. The number of rotatable bonds is 7. The molecule has 0 aliphatic heterocycles. The van der Waals surface area contributed by atoms with Crippen LogP contribution in [0.2, 0.25) is 0 Å². The molecule has 3 heteroatoms. The van der Waals surface area contributed by atoms with E-state index in [1.54, 1.807) is 10.9 Å². The summed E-state index contributed by atoms with van der Waals surface area (Å²) < 4.78 is 1.73. The highest BCUT2D eigenvalue weighted by Gasteiger charge is 2.16. The first-order valence-electron chi connectivity index (χ1n) is 7.04. The first kappa shape index (κ1) is 14.5. The Labute approximate surface area is 121 Å². The Balaban J connectivity index is 1.82. The van der Waals surface area contributed by atoms with Gasteiger partial charge >= 0.3 is 0 Å². The fourth-order valence-electron chi connectivity index (χ4n) is 2.10. The molecule has 1 aromatic heterocycles. The van der Waals surface area contributed by atoms with Crippen LogP contribution in [0.25, 0.3) is 6.20 Å². The third-order valence-corrected chi connectivity index (χ3v) is 3.49. The van der Waals surface area contributed by atoms with E-state index in [1.807, 2.05) is 12.4 Å². The summed E-state index contributed by atoms with van der Waals surface area (Å²) in [6, 6.07) is 10.6. The van der Waals surface area contributed by atoms with Gasteiger partial charge in [-0.15, -0.1) is 0 Å². The van der Waals surface area contributed by atoms with Gasteiger partial charge in [-0.05, 0) is 32.3 Å². The first-order valence-corrected chi connectivity index (χ1v) is 7.04. The molecule has 0 amide bonds. The number of aromatic nitrogens is 2. The van der Waals surface area contributed by atoms with Crippen LogP contribution in [0, 0.1) is 0 Å². The van der Waals surface area contributed by atoms with E-state index in [2.05, 4.69) is 61.2 Å². The van der Waals surface area contributed by atoms with Gasteiger partial charge in [-0.3, -0.25) is 0 Å². The minimum atomic E-state index is 0.103. The van der Waals surface area contributed by atoms with Crippen LogP contribution in [0.5, 0.6) is 0 Å². The predicted molar refractivity (Wildman–Crippen MR) is 84.3 cm³/mol. The van der Waals surface area contributed by atoms with E-state index in [0.29, 0.717) is 0 Å². The fourth-order valence-corrected chi connectivity index (χ4v) is 2.10. The van der Waals surface area contributed by atoms with Gasteiger partial charge < -0.3 is 5.32 Å². The molecule has 0 atom stereocenters. The second-order valence-electron chi connectivity index (χ2n) is 5.73. The maximum Gasteiger partial charge on any atom is 0.0538 e. The van der Waals surface area contributed by atoms with Crippen molar-refractivity contribution in [2.45, 2.75) is 38.8 Å². The second-order valence-corrected chi connectivity index (χ2v) is 5.73. The molecule has 0 saturated carbocycles. The topological polar surface area (TPSA) is 29.9 Å². The Morgan fingerprint density at radius 3 is 2.65 bits per heavy atom. The SMILES string of the molecule is C=Cn1cc(CNC(C)(C)CCc2ccccc2)cn1. The van der Waals surface area contributed by atoms with Crippen LogP contribution in [-0.4, -0.2) is 15.3 Å². The van der Waals surface area contributed by atoms with Crippen molar-refractivity contribution in [2.24, 2.45) is 0 Å². The minimum Gasteiger partial charge on any atom is -0.308 e. The standard InChI is InChI=1S/C17H23N3/c1-4-20-14-16(13-19-20)12-18-17(2,3)11-10-15-8-6-5-7-9-15/h4-9,13-14,18H,1,10-12H2,2-3H3. The molecule has 1 aromatic carbocycles. The van der Waals surface area contributed by atoms with Crippen LogP contribution in [0.4, 0.5) is 0 Å². The van der Waals surface area contributed by atoms with Crippen molar-refractivity contribution in [3.05, 3.63) is 60.4 Å². The lowest BCUT2D eigenvalue weighted by Gasteiger charge is -2.26. The lowest BCUT2D eigenvalue weighted by atomic mass is 9.95. The van der Waals surface area contributed by atoms with Gasteiger partial charge in [-0.2, -0.15) is 5.10 Å². The van der Waals surface area contributed by atoms with Crippen molar-refractivity contribution in [1.29, 1.82) is 0 Å². The number of hydrogen-bond acceptors (Lipinski definition) is 2. The van der Waals surface area contributed by atoms with Crippen molar-refractivity contribution in [3.63, 3.8) is 0 Å². The molecular weight excluding hydrogens is 246 g/mol. The number of benzene rings is 1. The van der Waals surface area contributed by atoms with Crippen molar-refractivity contribution in [3.8, 4) is 0 Å². The van der Waals surface area contributed by atoms with E-state index in [-0.39, 0.29) is 5.54 Å². The largest absolute Gasteiger partial charge is 0.308 e. The molecule has 1 N–H and O–H groups in total. The first-order chi connectivity index (χ1) is 9.59. The summed E-state index contributed by atoms with van der Waals surface area (Å²) in [6.45, 7) is 9.01. The van der Waals surface area contributed by atoms with Gasteiger partial charge in [-0.1, -0.05) is 36.9 Å². The number of nitrogens with zero attached hydrogens (tertiary/aromatic N) is 2. The van der Waals surface area contributed by atoms with Crippen molar-refractivity contribution in [2.75, 3.05) is 0 Å². The second kappa shape index (κ2) is 6.53. The van der Waals surface area contributed by atoms with E-state index in [9.17, 15) is 0 Å². The molecule has 2 aromatic rings. The molecule has 0 fully saturated rings. The summed E-state index contributed by atoms with van der Waals surface area (Å²) in [5.41, 5.74) is 2.67. The van der Waals surface area contributed by atoms with Crippen molar-refractivity contribution in [1.82, 2.24) is 15.1 Å². The van der Waals surface area contributed by atoms with Crippen LogP contribution >= 0.6 is 0 Å². The molecule has 0 spiro atoms. The summed E-state index contributed by atoms with van der Waals surface area (Å²) in [7, 11) is 0. The molecule has 0 radical (unpaired) electrons. The highest BCUT2D eigenvalue weighted by molar-refractivity contribution is 5.18. The highest BCUT2D eigenvalue weighted by atomic mass is 15.2. The number of hydrogen-bond donors (Lipinski definition) is 1. The summed E-state index contributed by atoms with van der Waals surface area (Å²) in [5, 5.41) is 7.78. The zero-order chi connectivity index (χ0) is 14.4. The highest BCUT2D eigenvalue weighted by Crippen LogP contribution is 2.14. The monoisotopic (exact) mass is 269 g/mol. The third-order valence-electron chi connectivity index (χ3n) is 3.49. The van der Waals surface area contributed by atoms with Gasteiger partial charge in [0.05, 0.1) is 6.20 Å². The molecule has 0 aliphatic carbocycles. The Kier molecular flexibility index (Phi) is 4.74. The Hall–Kier alpha value is -1.87. The number of nitrogens with one attached hydrogen (secondary N) is 1. The maximum absolute atomic E-state index is 4.19. The summed E-state index contributed by atoms with van der Waals surface area (Å²) >= 11 is 0. The van der Waals surface area contributed by atoms with Gasteiger partial charge in [0, 0.05) is 30.0 Å². The molecule has 106 valence electrons. The maximum atomic E-state index is 4.19. The normalized spacial score (nSPS) is 11.5. The van der Waals surface area contributed by atoms with Crippen LogP contribution in [0.1, 0.15) is 31.4 Å². The van der Waals surface area contributed by atoms with Crippen LogP contribution in [0.15, 0.2) is 49.3 Å². The van der Waals surface area contributed by atoms with E-state index in [1.165, 1.54) is 11.1 Å². The lowest BCUT2D eigenvalue weighted by Crippen LogP contribution is -2.39. The van der Waals surface area contributed by atoms with Crippen LogP contribution < -0.4 is 5.32 Å². The molecule has 0 saturated heterocycles. The number of aryl methyl sites for hydroxylation is 1. The molecule has 0 bridgehead atoms. The molecular formula is C17H23N3. The zero-order valence-corrected chi connectivity index (χ0v) is 12.3. The Bertz CT molecular complexity index is 540. The van der Waals surface area contributed by atoms with Crippen molar-refractivity contribution < 1.29 is 0 Å². The smallest absolute Gasteiger partial charge is 0.0538 e. The van der Waals surface area contributed by atoms with Crippen LogP contribution in [-0.2, 0) is 13.0 Å². The summed E-state index contributed by atoms with van der Waals surface area (Å²) in [6.07, 6.45) is 7.76. The average molecular weight is 269 g/mol. The minimum absolute atomic E-state index is 0.103. The van der Waals surface area contributed by atoms with Gasteiger partial charge in [0.1, 0.15) is 0 Å². The molecule has 0 aliphatic rings. The summed E-state index contributed by atoms with van der Waals surface area (Å²) in [5.74, 6) is 0. The molecule has 2 rings (SSSR count). The Morgan fingerprint density at radius 2 is 2.00 bits per heavy atom. The average Bonchev–Trinajstić information content (AvgIpc) is 2.93. The van der Waals surface area contributed by atoms with E-state index >= 15 is 0 Å². The van der Waals surface area contributed by atoms with Gasteiger partial charge in [-0.25, -0.2) is 4.68 Å². The lowest BCUT2D eigenvalue weighted by molar-refractivity contribution is 0.360. The molecule has 20 heavy (non-hydrogen) atoms. The predicted octanol–water partition coefficient (Wildman–Crippen LogP) is 3.48. The van der Waals surface area contributed by atoms with E-state index < -0.39 is 0 Å². The van der Waals surface area contributed by atoms with E-state index in [0.717, 1.165) is 19.4 Å². The Morgan fingerprint density at radius 1 is 1.25 bits per heavy atom. The quantitative estimate of drug-likeness (QED) is 0.834. The van der Waals surface area contributed by atoms with Crippen molar-refractivity contribution >= 4 is 6.20 Å². The van der Waals surface area contributed by atoms with Gasteiger partial charge in [0.2, 0.25) is 0 Å². The van der Waals surface area contributed by atoms with Crippen LogP contribution in [0.3, 0.4) is 0 Å². The molecule has 0 unspecified atom stereocenters.